The molecule has 0 bridgehead atoms. The number of nitrogens with two attached hydrogens (primary N) is 1. The van der Waals surface area contributed by atoms with Crippen molar-refractivity contribution in [3.05, 3.63) is 70.1 Å². The summed E-state index contributed by atoms with van der Waals surface area (Å²) in [6.07, 6.45) is 8.70. The first kappa shape index (κ1) is 46.7. The summed E-state index contributed by atoms with van der Waals surface area (Å²) in [7, 11) is -3.89. The summed E-state index contributed by atoms with van der Waals surface area (Å²) >= 11 is 1.87. The maximum Gasteiger partial charge on any atom is 0.328 e. The monoisotopic (exact) mass is 854 g/mol. The van der Waals surface area contributed by atoms with E-state index in [9.17, 15) is 37.2 Å². The Balaban J connectivity index is 1.09. The van der Waals surface area contributed by atoms with E-state index in [-0.39, 0.29) is 77.5 Å². The number of nitrogens with zero attached hydrogens (tertiary/aromatic N) is 3. The number of Topliss-reactive ketones (excluding diaryl/α,β-unsaturated/α-hetero) is 2. The Kier molecular flexibility index (Phi) is 19.2. The number of ether oxygens (including phenoxy) is 1. The predicted octanol–water partition coefficient (Wildman–Crippen LogP) is 5.50. The van der Waals surface area contributed by atoms with Crippen molar-refractivity contribution in [3.8, 4) is 0 Å². The number of amides is 4. The van der Waals surface area contributed by atoms with Crippen molar-refractivity contribution < 1.29 is 41.9 Å². The number of esters is 1. The average molecular weight is 855 g/mol. The van der Waals surface area contributed by atoms with Crippen LogP contribution in [0.4, 0.5) is 10.5 Å². The van der Waals surface area contributed by atoms with Crippen LogP contribution in [0.1, 0.15) is 117 Å². The van der Waals surface area contributed by atoms with Crippen LogP contribution < -0.4 is 26.4 Å². The van der Waals surface area contributed by atoms with E-state index in [1.165, 1.54) is 48.5 Å². The zero-order chi connectivity index (χ0) is 42.6. The van der Waals surface area contributed by atoms with Crippen LogP contribution in [0, 0.1) is 0 Å². The van der Waals surface area contributed by atoms with E-state index in [0.29, 0.717) is 56.0 Å². The fourth-order valence-corrected chi connectivity index (χ4v) is 8.95. The Bertz CT molecular complexity index is 1920. The third kappa shape index (κ3) is 16.3. The highest BCUT2D eigenvalue weighted by Crippen LogP contribution is 2.33. The van der Waals surface area contributed by atoms with Crippen LogP contribution in [0.15, 0.2) is 58.5 Å². The summed E-state index contributed by atoms with van der Waals surface area (Å²) in [5, 5.41) is 20.6. The number of primary sulfonamides is 1. The summed E-state index contributed by atoms with van der Waals surface area (Å²) in [6, 6.07) is 10.4. The van der Waals surface area contributed by atoms with E-state index < -0.39 is 27.9 Å². The molecular formula is C40H54N8O9S2. The van der Waals surface area contributed by atoms with Crippen LogP contribution in [-0.4, -0.2) is 86.1 Å². The molecule has 0 aliphatic carbocycles. The van der Waals surface area contributed by atoms with Gasteiger partial charge in [0.15, 0.2) is 5.78 Å². The van der Waals surface area contributed by atoms with Crippen LogP contribution in [0.25, 0.3) is 10.4 Å². The molecule has 0 radical (unpaired) electrons. The minimum Gasteiger partial charge on any atom is -0.464 e. The van der Waals surface area contributed by atoms with Gasteiger partial charge in [0.1, 0.15) is 11.8 Å². The molecule has 4 atom stereocenters. The number of unbranched alkanes of at least 4 members (excludes halogenated alkanes) is 5. The summed E-state index contributed by atoms with van der Waals surface area (Å²) in [6.45, 7) is 0.489. The molecule has 0 spiro atoms. The number of hydrogen-bond acceptors (Lipinski definition) is 11. The largest absolute Gasteiger partial charge is 0.464 e. The molecule has 2 saturated heterocycles. The van der Waals surface area contributed by atoms with Crippen molar-refractivity contribution >= 4 is 62.9 Å². The third-order valence-corrected chi connectivity index (χ3v) is 12.6. The fraction of sp³-hybridized carbons (Fsp3) is 0.550. The molecule has 2 aromatic carbocycles. The van der Waals surface area contributed by atoms with Gasteiger partial charge in [-0.1, -0.05) is 55.1 Å². The lowest BCUT2D eigenvalue weighted by Crippen LogP contribution is -2.42. The molecule has 0 saturated carbocycles. The molecule has 3 unspecified atom stereocenters. The summed E-state index contributed by atoms with van der Waals surface area (Å²) in [5.41, 5.74) is 9.49. The Morgan fingerprint density at radius 3 is 2.24 bits per heavy atom. The quantitative estimate of drug-likeness (QED) is 0.0143. The van der Waals surface area contributed by atoms with E-state index in [2.05, 4.69) is 31.3 Å². The zero-order valence-electron chi connectivity index (χ0n) is 33.1. The van der Waals surface area contributed by atoms with Crippen molar-refractivity contribution in [3.63, 3.8) is 0 Å². The maximum atomic E-state index is 13.1. The molecule has 19 heteroatoms. The lowest BCUT2D eigenvalue weighted by atomic mass is 10.0. The first-order valence-corrected chi connectivity index (χ1v) is 22.7. The average Bonchev–Trinajstić information content (AvgIpc) is 3.77. The van der Waals surface area contributed by atoms with Crippen LogP contribution in [-0.2, 0) is 29.1 Å². The number of carbonyl (C=O) groups excluding carboxylic acids is 6. The number of fused-ring (bicyclic) bond motifs is 1. The number of hydrogen-bond donors (Lipinski definition) is 5. The molecule has 4 amide bonds. The summed E-state index contributed by atoms with van der Waals surface area (Å²) in [4.78, 5) is 77.6. The van der Waals surface area contributed by atoms with Crippen LogP contribution in [0.2, 0.25) is 0 Å². The number of urea groups is 1. The summed E-state index contributed by atoms with van der Waals surface area (Å²) < 4.78 is 28.4. The Morgan fingerprint density at radius 2 is 1.54 bits per heavy atom. The molecule has 0 aromatic heterocycles. The van der Waals surface area contributed by atoms with Crippen LogP contribution >= 0.6 is 11.8 Å². The topological polar surface area (TPSA) is 269 Å². The van der Waals surface area contributed by atoms with Gasteiger partial charge in [0.05, 0.1) is 23.6 Å². The number of sulfonamides is 1. The van der Waals surface area contributed by atoms with Crippen LogP contribution in [0.5, 0.6) is 0 Å². The standard InChI is InChI=1S/C40H54N8O9S2/c41-48-47-29-20-16-28(17-21-29)38(52)44-32(39(53)57-25-9-13-34(50)27-18-22-31(23-19-27)59(42,55)56)12-5-1-3-10-30(49)11-4-2-8-24-43-36(51)15-7-6-14-35-37-33(26-58-35)45-40(54)46-37/h16-23,32-33,35,37H,1-15,24-26H2,(H,43,51)(H,44,52)(H2,42,55,56)(H2,45,46,54)/t32?,33?,35-,37?/m1/s1. The lowest BCUT2D eigenvalue weighted by molar-refractivity contribution is -0.146. The molecule has 6 N–H and O–H groups in total. The van der Waals surface area contributed by atoms with Gasteiger partial charge in [0.25, 0.3) is 5.91 Å². The Morgan fingerprint density at radius 1 is 0.864 bits per heavy atom. The van der Waals surface area contributed by atoms with Gasteiger partial charge in [-0.15, -0.1) is 0 Å². The SMILES string of the molecule is [N-]=[N+]=Nc1ccc(C(=O)NC(CCCCCC(=O)CCCCCNC(=O)CCCC[C@H]2SCC3NC(=O)NC32)C(=O)OCCCC(=O)c2ccc(S(N)(=O)=O)cc2)cc1. The third-order valence-electron chi connectivity index (χ3n) is 10.2. The van der Waals surface area contributed by atoms with Gasteiger partial charge in [-0.05, 0) is 74.7 Å². The van der Waals surface area contributed by atoms with Crippen LogP contribution in [0.3, 0.4) is 0 Å². The van der Waals surface area contributed by atoms with Crippen molar-refractivity contribution in [2.75, 3.05) is 18.9 Å². The number of carbonyl (C=O) groups is 6. The minimum atomic E-state index is -3.89. The van der Waals surface area contributed by atoms with Gasteiger partial charge >= 0.3 is 12.0 Å². The highest BCUT2D eigenvalue weighted by atomic mass is 32.2. The Labute approximate surface area is 348 Å². The number of nitrogens with one attached hydrogen (secondary N) is 4. The van der Waals surface area contributed by atoms with Gasteiger partial charge in [-0.3, -0.25) is 19.2 Å². The first-order valence-electron chi connectivity index (χ1n) is 20.1. The van der Waals surface area contributed by atoms with Crippen molar-refractivity contribution in [1.29, 1.82) is 0 Å². The van der Waals surface area contributed by atoms with E-state index in [0.717, 1.165) is 44.3 Å². The predicted molar refractivity (Wildman–Crippen MR) is 222 cm³/mol. The molecule has 2 aliphatic rings. The number of ketones is 2. The second-order valence-corrected chi connectivity index (χ2v) is 17.5. The van der Waals surface area contributed by atoms with Crippen molar-refractivity contribution in [2.24, 2.45) is 10.3 Å². The highest BCUT2D eigenvalue weighted by Gasteiger charge is 2.42. The van der Waals surface area contributed by atoms with Crippen molar-refractivity contribution in [1.82, 2.24) is 21.3 Å². The minimum absolute atomic E-state index is 0.0330. The van der Waals surface area contributed by atoms with Gasteiger partial charge < -0.3 is 26.0 Å². The van der Waals surface area contributed by atoms with E-state index in [1.807, 2.05) is 11.8 Å². The fourth-order valence-electron chi connectivity index (χ4n) is 6.89. The molecule has 17 nitrogen and oxygen atoms in total. The van der Waals surface area contributed by atoms with E-state index in [1.54, 1.807) is 0 Å². The molecule has 2 fully saturated rings. The molecular weight excluding hydrogens is 801 g/mol. The Hall–Kier alpha value is -4.97. The molecule has 2 aromatic rings. The van der Waals surface area contributed by atoms with Crippen molar-refractivity contribution in [2.45, 2.75) is 125 Å². The molecule has 4 rings (SSSR count). The normalized spacial score (nSPS) is 17.4. The smallest absolute Gasteiger partial charge is 0.328 e. The number of benzene rings is 2. The number of azide groups is 1. The maximum absolute atomic E-state index is 13.1. The van der Waals surface area contributed by atoms with Gasteiger partial charge in [-0.25, -0.2) is 23.1 Å². The zero-order valence-corrected chi connectivity index (χ0v) is 34.7. The van der Waals surface area contributed by atoms with Gasteiger partial charge in [-0.2, -0.15) is 11.8 Å². The molecule has 2 heterocycles. The lowest BCUT2D eigenvalue weighted by Gasteiger charge is -2.18. The molecule has 320 valence electrons. The number of rotatable bonds is 27. The molecule has 59 heavy (non-hydrogen) atoms. The second kappa shape index (κ2) is 24.2. The van der Waals surface area contributed by atoms with Gasteiger partial charge in [0, 0.05) is 65.0 Å². The summed E-state index contributed by atoms with van der Waals surface area (Å²) in [5.74, 6) is -0.361. The number of thioether (sulfide) groups is 1. The van der Waals surface area contributed by atoms with E-state index in [4.69, 9.17) is 15.4 Å². The highest BCUT2D eigenvalue weighted by molar-refractivity contribution is 8.00. The van der Waals surface area contributed by atoms with E-state index >= 15 is 0 Å². The second-order valence-electron chi connectivity index (χ2n) is 14.7. The first-order chi connectivity index (χ1) is 28.3. The molecule has 2 aliphatic heterocycles. The van der Waals surface area contributed by atoms with Gasteiger partial charge in [0.2, 0.25) is 15.9 Å².